The van der Waals surface area contributed by atoms with Crippen molar-refractivity contribution in [1.82, 2.24) is 0 Å². The van der Waals surface area contributed by atoms with Crippen LogP contribution in [0.4, 0.5) is 0 Å². The molecule has 98 valence electrons. The van der Waals surface area contributed by atoms with Crippen LogP contribution in [-0.2, 0) is 4.74 Å². The van der Waals surface area contributed by atoms with Gasteiger partial charge >= 0.3 is 0 Å². The van der Waals surface area contributed by atoms with Crippen LogP contribution in [0.2, 0.25) is 0 Å². The summed E-state index contributed by atoms with van der Waals surface area (Å²) in [5.74, 6) is 1.63. The Bertz CT molecular complexity index is 321. The smallest absolute Gasteiger partial charge is 0.0745 e. The van der Waals surface area contributed by atoms with Crippen molar-refractivity contribution in [3.8, 4) is 0 Å². The minimum atomic E-state index is 0.229. The molecule has 2 bridgehead atoms. The molecule has 0 aromatic heterocycles. The van der Waals surface area contributed by atoms with Gasteiger partial charge in [0.1, 0.15) is 0 Å². The first-order chi connectivity index (χ1) is 7.92. The second kappa shape index (κ2) is 3.50. The highest BCUT2D eigenvalue weighted by molar-refractivity contribution is 5.13. The molecule has 3 aliphatic carbocycles. The van der Waals surface area contributed by atoms with Crippen LogP contribution in [-0.4, -0.2) is 12.7 Å². The van der Waals surface area contributed by atoms with Gasteiger partial charge in [-0.25, -0.2) is 0 Å². The topological polar surface area (TPSA) is 9.23 Å². The molecule has 17 heavy (non-hydrogen) atoms. The molecular formula is C16H28O. The standard InChI is InChI=1S/C16H28O/c1-14(2)10-12-6-5-8-15(3)9-7-13(14)16(12,11-15)17-4/h12-13H,5-11H2,1-4H3. The van der Waals surface area contributed by atoms with E-state index in [0.29, 0.717) is 10.8 Å². The summed E-state index contributed by atoms with van der Waals surface area (Å²) in [6.07, 6.45) is 9.81. The Morgan fingerprint density at radius 3 is 2.53 bits per heavy atom. The number of ether oxygens (including phenoxy) is 1. The second-order valence-electron chi connectivity index (χ2n) is 8.02. The van der Waals surface area contributed by atoms with Crippen molar-refractivity contribution in [2.45, 2.75) is 71.3 Å². The average molecular weight is 236 g/mol. The van der Waals surface area contributed by atoms with Crippen molar-refractivity contribution in [2.24, 2.45) is 22.7 Å². The first-order valence-corrected chi connectivity index (χ1v) is 7.47. The van der Waals surface area contributed by atoms with Crippen molar-refractivity contribution < 1.29 is 4.74 Å². The third-order valence-electron chi connectivity index (χ3n) is 6.45. The van der Waals surface area contributed by atoms with Crippen LogP contribution in [0, 0.1) is 22.7 Å². The number of rotatable bonds is 1. The molecule has 0 heterocycles. The summed E-state index contributed by atoms with van der Waals surface area (Å²) in [5.41, 5.74) is 1.30. The van der Waals surface area contributed by atoms with Crippen LogP contribution in [0.3, 0.4) is 0 Å². The first kappa shape index (κ1) is 12.0. The van der Waals surface area contributed by atoms with E-state index in [1.807, 2.05) is 7.11 Å². The lowest BCUT2D eigenvalue weighted by molar-refractivity contribution is -0.133. The third-order valence-corrected chi connectivity index (χ3v) is 6.45. The minimum absolute atomic E-state index is 0.229. The highest BCUT2D eigenvalue weighted by Gasteiger charge is 2.63. The first-order valence-electron chi connectivity index (χ1n) is 7.47. The Kier molecular flexibility index (Phi) is 2.47. The molecule has 0 saturated heterocycles. The van der Waals surface area contributed by atoms with Gasteiger partial charge in [-0.15, -0.1) is 0 Å². The Morgan fingerprint density at radius 2 is 1.82 bits per heavy atom. The van der Waals surface area contributed by atoms with E-state index in [9.17, 15) is 0 Å². The maximum absolute atomic E-state index is 6.22. The summed E-state index contributed by atoms with van der Waals surface area (Å²) >= 11 is 0. The van der Waals surface area contributed by atoms with Crippen molar-refractivity contribution in [3.05, 3.63) is 0 Å². The predicted octanol–water partition coefficient (Wildman–Crippen LogP) is 4.41. The van der Waals surface area contributed by atoms with Crippen LogP contribution in [0.5, 0.6) is 0 Å². The van der Waals surface area contributed by atoms with Gasteiger partial charge in [0.25, 0.3) is 0 Å². The Hall–Kier alpha value is -0.0400. The van der Waals surface area contributed by atoms with Crippen molar-refractivity contribution in [1.29, 1.82) is 0 Å². The van der Waals surface area contributed by atoms with Gasteiger partial charge in [-0.1, -0.05) is 27.2 Å². The van der Waals surface area contributed by atoms with Gasteiger partial charge < -0.3 is 4.74 Å². The second-order valence-corrected chi connectivity index (χ2v) is 8.02. The molecule has 0 spiro atoms. The number of hydrogen-bond acceptors (Lipinski definition) is 1. The van der Waals surface area contributed by atoms with Crippen LogP contribution in [0.1, 0.15) is 65.7 Å². The number of fused-ring (bicyclic) bond motifs is 1. The molecule has 0 aliphatic heterocycles. The van der Waals surface area contributed by atoms with E-state index in [1.165, 1.54) is 44.9 Å². The van der Waals surface area contributed by atoms with Gasteiger partial charge in [-0.05, 0) is 61.2 Å². The molecule has 4 unspecified atom stereocenters. The molecule has 0 amide bonds. The van der Waals surface area contributed by atoms with Crippen LogP contribution < -0.4 is 0 Å². The van der Waals surface area contributed by atoms with Crippen molar-refractivity contribution >= 4 is 0 Å². The quantitative estimate of drug-likeness (QED) is 0.655. The summed E-state index contributed by atoms with van der Waals surface area (Å²) in [6.45, 7) is 7.48. The monoisotopic (exact) mass is 236 g/mol. The fraction of sp³-hybridized carbons (Fsp3) is 1.00. The Labute approximate surface area is 106 Å². The molecular weight excluding hydrogens is 208 g/mol. The molecule has 3 fully saturated rings. The Balaban J connectivity index is 2.05. The molecule has 3 saturated carbocycles. The fourth-order valence-corrected chi connectivity index (χ4v) is 5.76. The predicted molar refractivity (Wildman–Crippen MR) is 70.9 cm³/mol. The molecule has 3 rings (SSSR count). The summed E-state index contributed by atoms with van der Waals surface area (Å²) in [7, 11) is 1.98. The van der Waals surface area contributed by atoms with Gasteiger partial charge in [-0.3, -0.25) is 0 Å². The van der Waals surface area contributed by atoms with Gasteiger partial charge in [0.2, 0.25) is 0 Å². The van der Waals surface area contributed by atoms with Gasteiger partial charge in [-0.2, -0.15) is 0 Å². The van der Waals surface area contributed by atoms with E-state index in [-0.39, 0.29) is 5.60 Å². The SMILES string of the molecule is COC12CC3(C)CCCC1CC(C)(C)C2CC3. The van der Waals surface area contributed by atoms with Gasteiger partial charge in [0, 0.05) is 7.11 Å². The van der Waals surface area contributed by atoms with E-state index in [1.54, 1.807) is 0 Å². The maximum atomic E-state index is 6.22. The summed E-state index contributed by atoms with van der Waals surface area (Å²) in [6, 6.07) is 0. The van der Waals surface area contributed by atoms with Crippen LogP contribution in [0.15, 0.2) is 0 Å². The van der Waals surface area contributed by atoms with Gasteiger partial charge in [0.15, 0.2) is 0 Å². The van der Waals surface area contributed by atoms with Crippen molar-refractivity contribution in [3.63, 3.8) is 0 Å². The minimum Gasteiger partial charge on any atom is -0.378 e. The summed E-state index contributed by atoms with van der Waals surface area (Å²) in [5, 5.41) is 0. The lowest BCUT2D eigenvalue weighted by Gasteiger charge is -2.50. The lowest BCUT2D eigenvalue weighted by Crippen LogP contribution is -2.50. The molecule has 0 radical (unpaired) electrons. The Morgan fingerprint density at radius 1 is 1.06 bits per heavy atom. The molecule has 0 N–H and O–H groups in total. The normalized spacial score (nSPS) is 52.2. The van der Waals surface area contributed by atoms with E-state index in [4.69, 9.17) is 4.74 Å². The molecule has 3 aliphatic rings. The third kappa shape index (κ3) is 1.54. The van der Waals surface area contributed by atoms with Crippen LogP contribution in [0.25, 0.3) is 0 Å². The summed E-state index contributed by atoms with van der Waals surface area (Å²) < 4.78 is 6.22. The lowest BCUT2D eigenvalue weighted by atomic mass is 9.60. The van der Waals surface area contributed by atoms with E-state index < -0.39 is 0 Å². The maximum Gasteiger partial charge on any atom is 0.0745 e. The highest BCUT2D eigenvalue weighted by Crippen LogP contribution is 2.66. The van der Waals surface area contributed by atoms with Crippen LogP contribution >= 0.6 is 0 Å². The van der Waals surface area contributed by atoms with E-state index in [2.05, 4.69) is 20.8 Å². The zero-order valence-corrected chi connectivity index (χ0v) is 12.0. The van der Waals surface area contributed by atoms with E-state index in [0.717, 1.165) is 11.8 Å². The largest absolute Gasteiger partial charge is 0.378 e. The molecule has 0 aromatic rings. The number of methoxy groups -OCH3 is 1. The molecule has 0 aromatic carbocycles. The number of hydrogen-bond donors (Lipinski definition) is 0. The highest BCUT2D eigenvalue weighted by atomic mass is 16.5. The average Bonchev–Trinajstić information content (AvgIpc) is 2.40. The van der Waals surface area contributed by atoms with Gasteiger partial charge in [0.05, 0.1) is 5.60 Å². The van der Waals surface area contributed by atoms with E-state index >= 15 is 0 Å². The zero-order chi connectivity index (χ0) is 12.3. The molecule has 1 heteroatoms. The zero-order valence-electron chi connectivity index (χ0n) is 12.0. The summed E-state index contributed by atoms with van der Waals surface area (Å²) in [4.78, 5) is 0. The molecule has 4 atom stereocenters. The molecule has 1 nitrogen and oxygen atoms in total. The van der Waals surface area contributed by atoms with Crippen molar-refractivity contribution in [2.75, 3.05) is 7.11 Å². The fourth-order valence-electron chi connectivity index (χ4n) is 5.76.